The number of hydrogen-bond donors (Lipinski definition) is 0. The van der Waals surface area contributed by atoms with Crippen LogP contribution in [0.1, 0.15) is 12.0 Å². The third-order valence-corrected chi connectivity index (χ3v) is 6.62. The van der Waals surface area contributed by atoms with Gasteiger partial charge in [-0.05, 0) is 34.5 Å². The van der Waals surface area contributed by atoms with E-state index in [9.17, 15) is 22.8 Å². The van der Waals surface area contributed by atoms with Gasteiger partial charge in [0.2, 0.25) is 5.91 Å². The van der Waals surface area contributed by atoms with Crippen LogP contribution in [0.5, 0.6) is 5.75 Å². The number of alkyl halides is 3. The molecule has 1 amide bonds. The Hall–Kier alpha value is -1.59. The number of anilines is 1. The third-order valence-electron chi connectivity index (χ3n) is 4.42. The van der Waals surface area contributed by atoms with Crippen molar-refractivity contribution in [1.82, 2.24) is 14.5 Å². The predicted octanol–water partition coefficient (Wildman–Crippen LogP) is 3.83. The van der Waals surface area contributed by atoms with Gasteiger partial charge in [-0.15, -0.1) is 13.2 Å². The molecule has 0 spiro atoms. The van der Waals surface area contributed by atoms with Crippen molar-refractivity contribution >= 4 is 51.6 Å². The molecule has 2 aromatic rings. The lowest BCUT2D eigenvalue weighted by molar-refractivity contribution is -0.275. The van der Waals surface area contributed by atoms with Gasteiger partial charge in [0, 0.05) is 25.2 Å². The monoisotopic (exact) mass is 574 g/mol. The highest BCUT2D eigenvalue weighted by atomic mass is 127. The number of amides is 1. The van der Waals surface area contributed by atoms with E-state index in [4.69, 9.17) is 11.6 Å². The van der Waals surface area contributed by atoms with Gasteiger partial charge in [0.15, 0.2) is 0 Å². The fraction of sp³-hybridized carbons (Fsp3) is 0.353. The highest BCUT2D eigenvalue weighted by Gasteiger charge is 2.32. The molecule has 1 fully saturated rings. The van der Waals surface area contributed by atoms with Gasteiger partial charge in [0.05, 0.1) is 24.8 Å². The zero-order valence-electron chi connectivity index (χ0n) is 15.3. The Balaban J connectivity index is 1.78. The molecular formula is C17H16ClF3IN4O3P. The molecular weight excluding hydrogens is 559 g/mol. The molecule has 1 atom stereocenters. The first-order valence-electron chi connectivity index (χ1n) is 8.70. The van der Waals surface area contributed by atoms with E-state index in [2.05, 4.69) is 9.84 Å². The van der Waals surface area contributed by atoms with E-state index >= 15 is 0 Å². The molecule has 1 aliphatic heterocycles. The lowest BCUT2D eigenvalue weighted by atomic mass is 10.2. The Morgan fingerprint density at radius 1 is 1.23 bits per heavy atom. The Morgan fingerprint density at radius 2 is 1.97 bits per heavy atom. The molecule has 0 aliphatic carbocycles. The minimum Gasteiger partial charge on any atom is -0.405 e. The molecule has 0 radical (unpaired) electrons. The molecule has 7 nitrogen and oxygen atoms in total. The maximum Gasteiger partial charge on any atom is 0.573 e. The molecule has 162 valence electrons. The number of rotatable bonds is 5. The van der Waals surface area contributed by atoms with Crippen LogP contribution in [0.3, 0.4) is 0 Å². The van der Waals surface area contributed by atoms with E-state index in [1.807, 2.05) is 22.0 Å². The van der Waals surface area contributed by atoms with Gasteiger partial charge in [-0.3, -0.25) is 9.59 Å². The molecule has 2 heterocycles. The number of para-hydroxylation sites is 1. The van der Waals surface area contributed by atoms with Crippen LogP contribution in [0.25, 0.3) is 0 Å². The van der Waals surface area contributed by atoms with E-state index in [0.717, 1.165) is 0 Å². The number of benzene rings is 1. The lowest BCUT2D eigenvalue weighted by Gasteiger charge is -2.24. The van der Waals surface area contributed by atoms with Crippen molar-refractivity contribution in [3.8, 4) is 5.75 Å². The second-order valence-corrected chi connectivity index (χ2v) is 8.81. The zero-order valence-corrected chi connectivity index (χ0v) is 19.2. The number of halogens is 5. The Kier molecular flexibility index (Phi) is 7.46. The lowest BCUT2D eigenvalue weighted by Crippen LogP contribution is -2.37. The molecule has 30 heavy (non-hydrogen) atoms. The summed E-state index contributed by atoms with van der Waals surface area (Å²) in [7, 11) is 0. The summed E-state index contributed by atoms with van der Waals surface area (Å²) in [5.41, 5.74) is 0.180. The topological polar surface area (TPSA) is 67.7 Å². The molecule has 1 aromatic carbocycles. The largest absolute Gasteiger partial charge is 0.573 e. The normalized spacial score (nSPS) is 15.7. The molecule has 0 saturated carbocycles. The number of aromatic nitrogens is 2. The van der Waals surface area contributed by atoms with E-state index in [1.54, 1.807) is 11.0 Å². The Labute approximate surface area is 189 Å². The van der Waals surface area contributed by atoms with Crippen LogP contribution < -0.4 is 15.2 Å². The quantitative estimate of drug-likeness (QED) is 0.401. The maximum atomic E-state index is 12.8. The van der Waals surface area contributed by atoms with Crippen LogP contribution >= 0.6 is 40.0 Å². The van der Waals surface area contributed by atoms with Gasteiger partial charge < -0.3 is 14.5 Å². The van der Waals surface area contributed by atoms with Crippen molar-refractivity contribution in [3.05, 3.63) is 51.4 Å². The van der Waals surface area contributed by atoms with E-state index in [0.29, 0.717) is 25.2 Å². The van der Waals surface area contributed by atoms with Gasteiger partial charge >= 0.3 is 6.36 Å². The van der Waals surface area contributed by atoms with Crippen molar-refractivity contribution in [2.45, 2.75) is 19.3 Å². The predicted molar refractivity (Wildman–Crippen MR) is 117 cm³/mol. The molecule has 1 aromatic heterocycles. The first-order valence-corrected chi connectivity index (χ1v) is 13.1. The summed E-state index contributed by atoms with van der Waals surface area (Å²) < 4.78 is 43.3. The smallest absolute Gasteiger partial charge is 0.405 e. The van der Waals surface area contributed by atoms with Crippen molar-refractivity contribution in [2.24, 2.45) is 0 Å². The van der Waals surface area contributed by atoms with Crippen LogP contribution in [0.4, 0.5) is 18.9 Å². The van der Waals surface area contributed by atoms with E-state index in [-0.39, 0.29) is 41.7 Å². The van der Waals surface area contributed by atoms with E-state index < -0.39 is 11.9 Å². The van der Waals surface area contributed by atoms with Crippen LogP contribution in [-0.4, -0.2) is 46.4 Å². The molecule has 0 bridgehead atoms. The van der Waals surface area contributed by atoms with Crippen molar-refractivity contribution in [2.75, 3.05) is 24.5 Å². The molecule has 1 saturated heterocycles. The van der Waals surface area contributed by atoms with Crippen LogP contribution in [0, 0.1) is 0 Å². The fourth-order valence-corrected chi connectivity index (χ4v) is 4.70. The highest BCUT2D eigenvalue weighted by Crippen LogP contribution is 2.29. The zero-order chi connectivity index (χ0) is 21.9. The number of hydrogen-bond acceptors (Lipinski definition) is 5. The molecule has 1 aliphatic rings. The maximum absolute atomic E-state index is 12.8. The summed E-state index contributed by atoms with van der Waals surface area (Å²) in [6.45, 7) is 0.690. The van der Waals surface area contributed by atoms with Gasteiger partial charge in [-0.25, -0.2) is 4.45 Å². The summed E-state index contributed by atoms with van der Waals surface area (Å²) in [6.07, 6.45) is -2.74. The first kappa shape index (κ1) is 23.1. The Morgan fingerprint density at radius 3 is 2.67 bits per heavy atom. The first-order chi connectivity index (χ1) is 14.2. The number of carbonyl (C=O) groups excluding carboxylic acids is 1. The standard InChI is InChI=1S/C17H16ClF3IN4O3P/c18-15-12(8-23-26(30-22)16(15)28)24-6-3-7-25(14(27)10-24)9-11-4-1-2-5-13(11)29-17(19,20)21/h1-2,4-5,8,30H,3,6-7,9-10H2. The van der Waals surface area contributed by atoms with Gasteiger partial charge in [0.25, 0.3) is 5.56 Å². The van der Waals surface area contributed by atoms with Crippen molar-refractivity contribution in [3.63, 3.8) is 0 Å². The summed E-state index contributed by atoms with van der Waals surface area (Å²) in [4.78, 5) is 28.2. The minimum atomic E-state index is -4.82. The molecule has 3 rings (SSSR count). The second-order valence-electron chi connectivity index (χ2n) is 6.39. The highest BCUT2D eigenvalue weighted by molar-refractivity contribution is 14.2. The fourth-order valence-electron chi connectivity index (χ4n) is 3.06. The summed E-state index contributed by atoms with van der Waals surface area (Å²) in [6, 6.07) is 5.72. The Bertz CT molecular complexity index is 991. The van der Waals surface area contributed by atoms with Gasteiger partial charge in [0.1, 0.15) is 10.8 Å². The summed E-state index contributed by atoms with van der Waals surface area (Å²) in [5.74, 6) is -0.639. The molecule has 0 N–H and O–H groups in total. The number of carbonyl (C=O) groups is 1. The summed E-state index contributed by atoms with van der Waals surface area (Å²) >= 11 is 8.21. The average Bonchev–Trinajstić information content (AvgIpc) is 2.86. The van der Waals surface area contributed by atoms with Crippen molar-refractivity contribution < 1.29 is 22.7 Å². The van der Waals surface area contributed by atoms with Crippen LogP contribution in [0.2, 0.25) is 5.02 Å². The third kappa shape index (κ3) is 5.55. The summed E-state index contributed by atoms with van der Waals surface area (Å²) in [5, 5.41) is 4.04. The van der Waals surface area contributed by atoms with Crippen LogP contribution in [-0.2, 0) is 11.3 Å². The minimum absolute atomic E-state index is 0.0145. The van der Waals surface area contributed by atoms with Crippen LogP contribution in [0.15, 0.2) is 35.3 Å². The average molecular weight is 575 g/mol. The van der Waals surface area contributed by atoms with Gasteiger partial charge in [-0.1, -0.05) is 29.8 Å². The molecule has 1 unspecified atom stereocenters. The molecule has 13 heteroatoms. The number of nitrogens with zero attached hydrogens (tertiary/aromatic N) is 4. The number of ether oxygens (including phenoxy) is 1. The SMILES string of the molecule is O=C1CN(c2cnn(PI)c(=O)c2Cl)CCCN1Cc1ccccc1OC(F)(F)F. The van der Waals surface area contributed by atoms with E-state index in [1.165, 1.54) is 33.7 Å². The van der Waals surface area contributed by atoms with Crippen molar-refractivity contribution in [1.29, 1.82) is 0 Å². The second kappa shape index (κ2) is 9.69. The van der Waals surface area contributed by atoms with Gasteiger partial charge in [-0.2, -0.15) is 5.10 Å².